The molecule has 0 amide bonds. The van der Waals surface area contributed by atoms with E-state index in [2.05, 4.69) is 5.10 Å². The normalized spacial score (nSPS) is 18.9. The highest BCUT2D eigenvalue weighted by atomic mass is 35.5. The van der Waals surface area contributed by atoms with Crippen LogP contribution in [-0.4, -0.2) is 28.1 Å². The Morgan fingerprint density at radius 2 is 1.67 bits per heavy atom. The van der Waals surface area contributed by atoms with Crippen LogP contribution >= 0.6 is 23.2 Å². The van der Waals surface area contributed by atoms with Crippen LogP contribution in [0, 0.1) is 0 Å². The molecular formula is C16H19BCl2N2O3. The van der Waals surface area contributed by atoms with Crippen molar-refractivity contribution in [3.8, 4) is 11.6 Å². The Labute approximate surface area is 151 Å². The van der Waals surface area contributed by atoms with Crippen LogP contribution in [0.3, 0.4) is 0 Å². The summed E-state index contributed by atoms with van der Waals surface area (Å²) in [6.07, 6.45) is 1.78. The third-order valence-corrected chi connectivity index (χ3v) is 5.37. The molecule has 1 aromatic carbocycles. The van der Waals surface area contributed by atoms with Crippen molar-refractivity contribution < 1.29 is 14.0 Å². The van der Waals surface area contributed by atoms with E-state index in [4.69, 9.17) is 37.2 Å². The Hall–Kier alpha value is -1.21. The average Bonchev–Trinajstić information content (AvgIpc) is 2.96. The van der Waals surface area contributed by atoms with Gasteiger partial charge in [-0.2, -0.15) is 0 Å². The number of halogens is 2. The molecule has 0 unspecified atom stereocenters. The Bertz CT molecular complexity index is 761. The van der Waals surface area contributed by atoms with Gasteiger partial charge in [0.15, 0.2) is 0 Å². The summed E-state index contributed by atoms with van der Waals surface area (Å²) in [4.78, 5) is 0. The first kappa shape index (κ1) is 17.6. The molecular weight excluding hydrogens is 350 g/mol. The number of rotatable bonds is 3. The highest BCUT2D eigenvalue weighted by Gasteiger charge is 2.52. The van der Waals surface area contributed by atoms with Crippen LogP contribution in [0.4, 0.5) is 0 Å². The molecule has 0 N–H and O–H groups in total. The lowest BCUT2D eigenvalue weighted by molar-refractivity contribution is 0.00578. The molecule has 0 spiro atoms. The Morgan fingerprint density at radius 3 is 2.21 bits per heavy atom. The van der Waals surface area contributed by atoms with Crippen molar-refractivity contribution in [2.75, 3.05) is 0 Å². The van der Waals surface area contributed by atoms with Crippen molar-refractivity contribution in [2.24, 2.45) is 7.05 Å². The summed E-state index contributed by atoms with van der Waals surface area (Å²) in [6.45, 7) is 7.95. The third-order valence-electron chi connectivity index (χ3n) is 4.49. The van der Waals surface area contributed by atoms with Gasteiger partial charge in [-0.05, 0) is 33.8 Å². The van der Waals surface area contributed by atoms with E-state index in [1.54, 1.807) is 29.1 Å². The summed E-state index contributed by atoms with van der Waals surface area (Å²) >= 11 is 12.8. The van der Waals surface area contributed by atoms with Crippen LogP contribution in [0.25, 0.3) is 0 Å². The van der Waals surface area contributed by atoms with Gasteiger partial charge in [0.25, 0.3) is 0 Å². The number of aryl methyl sites for hydroxylation is 1. The highest BCUT2D eigenvalue weighted by Crippen LogP contribution is 2.39. The predicted octanol–water partition coefficient (Wildman–Crippen LogP) is 3.82. The summed E-state index contributed by atoms with van der Waals surface area (Å²) in [6, 6.07) is 5.28. The molecule has 1 fully saturated rings. The number of nitrogens with zero attached hydrogens (tertiary/aromatic N) is 2. The number of benzene rings is 1. The Balaban J connectivity index is 1.88. The first-order valence-corrected chi connectivity index (χ1v) is 8.37. The van der Waals surface area contributed by atoms with Gasteiger partial charge in [-0.15, -0.1) is 5.10 Å². The summed E-state index contributed by atoms with van der Waals surface area (Å²) in [5.74, 6) is 0.875. The molecule has 8 heteroatoms. The quantitative estimate of drug-likeness (QED) is 0.772. The molecule has 0 saturated carbocycles. The maximum Gasteiger partial charge on any atom is 0.496 e. The molecule has 3 rings (SSSR count). The van der Waals surface area contributed by atoms with E-state index in [1.165, 1.54) is 0 Å². The van der Waals surface area contributed by atoms with E-state index in [1.807, 2.05) is 34.7 Å². The lowest BCUT2D eigenvalue weighted by atomic mass is 9.79. The van der Waals surface area contributed by atoms with Crippen molar-refractivity contribution in [3.63, 3.8) is 0 Å². The van der Waals surface area contributed by atoms with Crippen LogP contribution in [0.1, 0.15) is 27.7 Å². The van der Waals surface area contributed by atoms with Crippen molar-refractivity contribution in [1.82, 2.24) is 9.78 Å². The summed E-state index contributed by atoms with van der Waals surface area (Å²) in [5, 5.41) is 4.81. The first-order chi connectivity index (χ1) is 11.1. The van der Waals surface area contributed by atoms with Crippen LogP contribution < -0.4 is 10.2 Å². The molecule has 24 heavy (non-hydrogen) atoms. The molecule has 0 aliphatic carbocycles. The van der Waals surface area contributed by atoms with Crippen LogP contribution in [0.5, 0.6) is 11.6 Å². The second-order valence-electron chi connectivity index (χ2n) is 6.80. The van der Waals surface area contributed by atoms with Gasteiger partial charge in [0, 0.05) is 24.8 Å². The van der Waals surface area contributed by atoms with Crippen molar-refractivity contribution >= 4 is 35.8 Å². The Morgan fingerprint density at radius 1 is 1.04 bits per heavy atom. The molecule has 2 aromatic rings. The van der Waals surface area contributed by atoms with Gasteiger partial charge in [-0.3, -0.25) is 4.68 Å². The fourth-order valence-corrected chi connectivity index (χ4v) is 2.79. The number of hydrogen-bond donors (Lipinski definition) is 0. The van der Waals surface area contributed by atoms with Gasteiger partial charge in [0.1, 0.15) is 10.8 Å². The minimum atomic E-state index is -0.580. The van der Waals surface area contributed by atoms with E-state index in [9.17, 15) is 0 Å². The van der Waals surface area contributed by atoms with E-state index in [-0.39, 0.29) is 0 Å². The van der Waals surface area contributed by atoms with E-state index in [0.29, 0.717) is 27.1 Å². The fourth-order valence-electron chi connectivity index (χ4n) is 2.34. The largest absolute Gasteiger partial charge is 0.496 e. The van der Waals surface area contributed by atoms with E-state index in [0.717, 1.165) is 0 Å². The highest BCUT2D eigenvalue weighted by molar-refractivity contribution is 6.66. The molecule has 1 saturated heterocycles. The third kappa shape index (κ3) is 3.04. The van der Waals surface area contributed by atoms with Crippen LogP contribution in [-0.2, 0) is 16.4 Å². The maximum atomic E-state index is 6.44. The van der Waals surface area contributed by atoms with Gasteiger partial charge in [0.05, 0.1) is 16.2 Å². The van der Waals surface area contributed by atoms with Crippen LogP contribution in [0.15, 0.2) is 24.4 Å². The second-order valence-corrected chi connectivity index (χ2v) is 7.55. The lowest BCUT2D eigenvalue weighted by Gasteiger charge is -2.32. The average molecular weight is 369 g/mol. The van der Waals surface area contributed by atoms with Crippen molar-refractivity contribution in [1.29, 1.82) is 0 Å². The standard InChI is InChI=1S/C16H19BCl2N2O3/c1-15(2)16(3,4)24-17(23-15)10-6-7-11(14(19)13(10)18)22-12-8-9-21(5)20-12/h6-9H,1-5H3. The number of hydrogen-bond acceptors (Lipinski definition) is 4. The number of aromatic nitrogens is 2. The summed E-state index contributed by atoms with van der Waals surface area (Å²) < 4.78 is 19.4. The predicted molar refractivity (Wildman–Crippen MR) is 95.5 cm³/mol. The molecule has 0 radical (unpaired) electrons. The van der Waals surface area contributed by atoms with Gasteiger partial charge in [0.2, 0.25) is 5.88 Å². The minimum Gasteiger partial charge on any atom is -0.436 e. The molecule has 2 heterocycles. The van der Waals surface area contributed by atoms with Gasteiger partial charge in [-0.25, -0.2) is 0 Å². The zero-order chi connectivity index (χ0) is 17.7. The van der Waals surface area contributed by atoms with Crippen molar-refractivity contribution in [3.05, 3.63) is 34.4 Å². The Kier molecular flexibility index (Phi) is 4.37. The second kappa shape index (κ2) is 5.95. The van der Waals surface area contributed by atoms with Gasteiger partial charge in [-0.1, -0.05) is 29.3 Å². The zero-order valence-corrected chi connectivity index (χ0v) is 15.8. The van der Waals surface area contributed by atoms with Crippen LogP contribution in [0.2, 0.25) is 10.0 Å². The SMILES string of the molecule is Cn1ccc(Oc2ccc(B3OC(C)(C)C(C)(C)O3)c(Cl)c2Cl)n1. The maximum absolute atomic E-state index is 6.44. The fraction of sp³-hybridized carbons (Fsp3) is 0.438. The smallest absolute Gasteiger partial charge is 0.436 e. The summed E-state index contributed by atoms with van der Waals surface area (Å²) in [7, 11) is 1.23. The van der Waals surface area contributed by atoms with Gasteiger partial charge < -0.3 is 14.0 Å². The molecule has 0 atom stereocenters. The monoisotopic (exact) mass is 368 g/mol. The van der Waals surface area contributed by atoms with Gasteiger partial charge >= 0.3 is 7.12 Å². The van der Waals surface area contributed by atoms with E-state index >= 15 is 0 Å². The summed E-state index contributed by atoms with van der Waals surface area (Å²) in [5.41, 5.74) is -0.221. The number of ether oxygens (including phenoxy) is 1. The molecule has 0 bridgehead atoms. The topological polar surface area (TPSA) is 45.5 Å². The molecule has 1 aliphatic rings. The molecule has 1 aromatic heterocycles. The zero-order valence-electron chi connectivity index (χ0n) is 14.3. The minimum absolute atomic E-state index is 0.300. The lowest BCUT2D eigenvalue weighted by Crippen LogP contribution is -2.41. The van der Waals surface area contributed by atoms with Crippen molar-refractivity contribution in [2.45, 2.75) is 38.9 Å². The molecule has 5 nitrogen and oxygen atoms in total. The molecule has 128 valence electrons. The first-order valence-electron chi connectivity index (χ1n) is 7.62. The molecule has 1 aliphatic heterocycles. The van der Waals surface area contributed by atoms with E-state index < -0.39 is 18.3 Å².